The van der Waals surface area contributed by atoms with Crippen molar-refractivity contribution >= 4 is 42.1 Å². The van der Waals surface area contributed by atoms with Crippen LogP contribution < -0.4 is 10.6 Å². The summed E-state index contributed by atoms with van der Waals surface area (Å²) in [6.45, 7) is 6.10. The van der Waals surface area contributed by atoms with Gasteiger partial charge in [-0.05, 0) is 50.9 Å². The highest BCUT2D eigenvalue weighted by Crippen LogP contribution is 2.44. The van der Waals surface area contributed by atoms with Gasteiger partial charge in [-0.3, -0.25) is 4.79 Å². The molecular weight excluding hydrogens is 407 g/mol. The van der Waals surface area contributed by atoms with Crippen LogP contribution in [0.25, 0.3) is 0 Å². The van der Waals surface area contributed by atoms with Gasteiger partial charge in [0.1, 0.15) is 5.60 Å². The summed E-state index contributed by atoms with van der Waals surface area (Å²) >= 11 is 1.60. The highest BCUT2D eigenvalue weighted by atomic mass is 35.5. The molecule has 2 aliphatic heterocycles. The monoisotopic (exact) mass is 432 g/mol. The third-order valence-corrected chi connectivity index (χ3v) is 6.45. The molecule has 6 nitrogen and oxygen atoms in total. The van der Waals surface area contributed by atoms with E-state index in [1.165, 1.54) is 10.4 Å². The molecule has 27 heavy (non-hydrogen) atoms. The molecule has 0 aromatic carbocycles. The number of carbonyl (C=O) groups excluding carboxylic acids is 1. The van der Waals surface area contributed by atoms with Gasteiger partial charge in [0.25, 0.3) is 5.91 Å². The minimum Gasteiger partial charge on any atom is -0.369 e. The number of hydrogen-bond donors (Lipinski definition) is 2. The zero-order valence-corrected chi connectivity index (χ0v) is 17.8. The van der Waals surface area contributed by atoms with Gasteiger partial charge >= 0.3 is 0 Å². The van der Waals surface area contributed by atoms with E-state index < -0.39 is 0 Å². The number of nitrogens with zero attached hydrogens (tertiary/aromatic N) is 2. The van der Waals surface area contributed by atoms with Gasteiger partial charge in [0.05, 0.1) is 30.1 Å². The Balaban J connectivity index is 0.00000131. The van der Waals surface area contributed by atoms with Crippen molar-refractivity contribution < 1.29 is 9.53 Å². The molecule has 0 atom stereocenters. The van der Waals surface area contributed by atoms with Crippen molar-refractivity contribution in [3.8, 4) is 0 Å². The van der Waals surface area contributed by atoms with Gasteiger partial charge in [0.15, 0.2) is 0 Å². The molecule has 0 radical (unpaired) electrons. The second-order valence-corrected chi connectivity index (χ2v) is 7.74. The van der Waals surface area contributed by atoms with Crippen LogP contribution in [-0.4, -0.2) is 35.2 Å². The van der Waals surface area contributed by atoms with Crippen LogP contribution in [0, 0.1) is 0 Å². The minimum absolute atomic E-state index is 0. The number of hydrogen-bond acceptors (Lipinski definition) is 5. The number of halogens is 2. The van der Waals surface area contributed by atoms with E-state index in [1.54, 1.807) is 17.7 Å². The molecule has 4 rings (SSSR count). The smallest absolute Gasteiger partial charge is 0.261 e. The molecule has 1 fully saturated rings. The van der Waals surface area contributed by atoms with Crippen LogP contribution in [0.2, 0.25) is 0 Å². The molecule has 4 heterocycles. The third kappa shape index (κ3) is 4.49. The lowest BCUT2D eigenvalue weighted by molar-refractivity contribution is -0.0771. The molecule has 1 amide bonds. The standard InChI is InChI=1S/C18H24N4O2S.2ClH/c1-2-22-11-14(21-12-22)10-20-17(23)15-9-13-3-8-24-18(16(13)25-15)4-6-19-7-5-18;;/h9,11-12,19H,2-8,10H2,1H3,(H,20,23);2*1H. The van der Waals surface area contributed by atoms with Crippen LogP contribution in [0.15, 0.2) is 18.6 Å². The number of amides is 1. The quantitative estimate of drug-likeness (QED) is 0.778. The molecule has 2 aliphatic rings. The molecule has 2 N–H and O–H groups in total. The van der Waals surface area contributed by atoms with Crippen LogP contribution >= 0.6 is 36.2 Å². The summed E-state index contributed by atoms with van der Waals surface area (Å²) in [7, 11) is 0. The Morgan fingerprint density at radius 1 is 1.41 bits per heavy atom. The molecule has 2 aromatic rings. The molecule has 0 saturated carbocycles. The summed E-state index contributed by atoms with van der Waals surface area (Å²) in [5.41, 5.74) is 2.00. The number of fused-ring (bicyclic) bond motifs is 2. The Morgan fingerprint density at radius 3 is 2.89 bits per heavy atom. The van der Waals surface area contributed by atoms with Crippen molar-refractivity contribution in [3.63, 3.8) is 0 Å². The zero-order valence-electron chi connectivity index (χ0n) is 15.3. The summed E-state index contributed by atoms with van der Waals surface area (Å²) in [4.78, 5) is 19.0. The Labute approximate surface area is 175 Å². The van der Waals surface area contributed by atoms with E-state index in [-0.39, 0.29) is 36.3 Å². The number of piperidine rings is 1. The number of ether oxygens (including phenoxy) is 1. The Bertz CT molecular complexity index is 771. The average Bonchev–Trinajstić information content (AvgIpc) is 3.28. The van der Waals surface area contributed by atoms with E-state index in [0.717, 1.165) is 56.1 Å². The predicted octanol–water partition coefficient (Wildman–Crippen LogP) is 2.89. The van der Waals surface area contributed by atoms with Crippen LogP contribution in [0.4, 0.5) is 0 Å². The highest BCUT2D eigenvalue weighted by molar-refractivity contribution is 7.14. The SMILES string of the molecule is CCn1cnc(CNC(=O)c2cc3c(s2)C2(CCNCC2)OCC3)c1.Cl.Cl. The number of rotatable bonds is 4. The Kier molecular flexibility index (Phi) is 7.71. The van der Waals surface area contributed by atoms with E-state index >= 15 is 0 Å². The lowest BCUT2D eigenvalue weighted by atomic mass is 9.86. The molecule has 2 aromatic heterocycles. The Morgan fingerprint density at radius 2 is 2.19 bits per heavy atom. The van der Waals surface area contributed by atoms with Gasteiger partial charge in [-0.1, -0.05) is 0 Å². The third-order valence-electron chi connectivity index (χ3n) is 5.09. The molecule has 0 bridgehead atoms. The molecule has 9 heteroatoms. The molecule has 0 aliphatic carbocycles. The molecule has 1 spiro atoms. The largest absolute Gasteiger partial charge is 0.369 e. The highest BCUT2D eigenvalue weighted by Gasteiger charge is 2.41. The Hall–Kier alpha value is -1.12. The first-order valence-corrected chi connectivity index (χ1v) is 9.78. The molecular formula is C18H26Cl2N4O2S. The van der Waals surface area contributed by atoms with Crippen LogP contribution in [0.5, 0.6) is 0 Å². The van der Waals surface area contributed by atoms with Crippen molar-refractivity contribution in [1.82, 2.24) is 20.2 Å². The lowest BCUT2D eigenvalue weighted by Crippen LogP contribution is -2.43. The van der Waals surface area contributed by atoms with E-state index in [9.17, 15) is 4.79 Å². The molecule has 0 unspecified atom stereocenters. The van der Waals surface area contributed by atoms with Gasteiger partial charge in [-0.15, -0.1) is 36.2 Å². The number of thiophene rings is 1. The lowest BCUT2D eigenvalue weighted by Gasteiger charge is -2.40. The fourth-order valence-corrected chi connectivity index (χ4v) is 4.99. The summed E-state index contributed by atoms with van der Waals surface area (Å²) < 4.78 is 8.20. The summed E-state index contributed by atoms with van der Waals surface area (Å²) in [5, 5.41) is 6.39. The number of imidazole rings is 1. The van der Waals surface area contributed by atoms with Crippen molar-refractivity contribution in [3.05, 3.63) is 39.6 Å². The maximum Gasteiger partial charge on any atom is 0.261 e. The van der Waals surface area contributed by atoms with E-state index in [2.05, 4.69) is 28.6 Å². The fourth-order valence-electron chi connectivity index (χ4n) is 3.66. The number of aromatic nitrogens is 2. The molecule has 1 saturated heterocycles. The minimum atomic E-state index is -0.179. The summed E-state index contributed by atoms with van der Waals surface area (Å²) in [6.07, 6.45) is 6.63. The maximum atomic E-state index is 12.6. The van der Waals surface area contributed by atoms with Crippen LogP contribution in [0.1, 0.15) is 45.6 Å². The van der Waals surface area contributed by atoms with E-state index in [0.29, 0.717) is 6.54 Å². The first-order valence-electron chi connectivity index (χ1n) is 8.97. The van der Waals surface area contributed by atoms with Gasteiger partial charge in [-0.2, -0.15) is 0 Å². The fraction of sp³-hybridized carbons (Fsp3) is 0.556. The van der Waals surface area contributed by atoms with Crippen LogP contribution in [-0.2, 0) is 29.8 Å². The second-order valence-electron chi connectivity index (χ2n) is 6.69. The number of carbonyl (C=O) groups is 1. The van der Waals surface area contributed by atoms with Gasteiger partial charge in [0, 0.05) is 17.6 Å². The maximum absolute atomic E-state index is 12.6. The normalized spacial score (nSPS) is 17.5. The number of nitrogens with one attached hydrogen (secondary N) is 2. The van der Waals surface area contributed by atoms with Crippen molar-refractivity contribution in [2.45, 2.75) is 44.9 Å². The van der Waals surface area contributed by atoms with Crippen molar-refractivity contribution in [1.29, 1.82) is 0 Å². The van der Waals surface area contributed by atoms with E-state index in [1.807, 2.05) is 10.8 Å². The van der Waals surface area contributed by atoms with Crippen LogP contribution in [0.3, 0.4) is 0 Å². The van der Waals surface area contributed by atoms with Gasteiger partial charge < -0.3 is 19.9 Å². The second kappa shape index (κ2) is 9.39. The summed E-state index contributed by atoms with van der Waals surface area (Å²) in [5.74, 6) is -0.0190. The predicted molar refractivity (Wildman–Crippen MR) is 111 cm³/mol. The van der Waals surface area contributed by atoms with Gasteiger partial charge in [-0.25, -0.2) is 4.98 Å². The summed E-state index contributed by atoms with van der Waals surface area (Å²) in [6, 6.07) is 2.06. The van der Waals surface area contributed by atoms with Crippen molar-refractivity contribution in [2.24, 2.45) is 0 Å². The topological polar surface area (TPSA) is 68.2 Å². The first kappa shape index (κ1) is 22.2. The average molecular weight is 433 g/mol. The van der Waals surface area contributed by atoms with Gasteiger partial charge in [0.2, 0.25) is 0 Å². The van der Waals surface area contributed by atoms with E-state index in [4.69, 9.17) is 4.74 Å². The van der Waals surface area contributed by atoms with Crippen molar-refractivity contribution in [2.75, 3.05) is 19.7 Å². The first-order chi connectivity index (χ1) is 12.2. The zero-order chi connectivity index (χ0) is 17.3. The molecule has 150 valence electrons. The number of aryl methyl sites for hydroxylation is 1.